The summed E-state index contributed by atoms with van der Waals surface area (Å²) in [7, 11) is 0. The van der Waals surface area contributed by atoms with Gasteiger partial charge in [-0.2, -0.15) is 0 Å². The van der Waals surface area contributed by atoms with E-state index in [-0.39, 0.29) is 17.6 Å². The van der Waals surface area contributed by atoms with Crippen molar-refractivity contribution in [2.24, 2.45) is 5.73 Å². The largest absolute Gasteiger partial charge is 0.389 e. The van der Waals surface area contributed by atoms with Crippen LogP contribution < -0.4 is 21.7 Å². The summed E-state index contributed by atoms with van der Waals surface area (Å²) in [5.74, 6) is -0.369. The van der Waals surface area contributed by atoms with E-state index in [1.54, 1.807) is 18.6 Å². The third-order valence-corrected chi connectivity index (χ3v) is 5.50. The number of hydrogen-bond acceptors (Lipinski definition) is 8. The molecule has 4 rings (SSSR count). The van der Waals surface area contributed by atoms with Crippen LogP contribution in [0, 0.1) is 0 Å². The van der Waals surface area contributed by atoms with Gasteiger partial charge in [-0.05, 0) is 31.0 Å². The Kier molecular flexibility index (Phi) is 5.18. The Balaban J connectivity index is 1.57. The van der Waals surface area contributed by atoms with Crippen molar-refractivity contribution in [3.63, 3.8) is 0 Å². The Morgan fingerprint density at radius 1 is 1.29 bits per heavy atom. The number of piperidine rings is 1. The molecule has 0 spiro atoms. The topological polar surface area (TPSA) is 123 Å². The standard InChI is InChI=1S/C19H21N7OS/c20-12-4-3-9-26(11-12)15-6-8-22-10-14(15)24-18(27)16-17(21)28-19(25-16)13-5-1-2-7-23-13/h1-2,5-8,10,12H,3-4,9,11,20-21H2,(H,24,27)/t12-/m1/s1. The van der Waals surface area contributed by atoms with Crippen LogP contribution in [0.25, 0.3) is 10.7 Å². The molecule has 1 aliphatic heterocycles. The molecule has 1 amide bonds. The monoisotopic (exact) mass is 395 g/mol. The normalized spacial score (nSPS) is 16.8. The number of amides is 1. The fourth-order valence-corrected chi connectivity index (χ4v) is 4.07. The predicted molar refractivity (Wildman–Crippen MR) is 111 cm³/mol. The molecule has 1 saturated heterocycles. The molecule has 5 N–H and O–H groups in total. The lowest BCUT2D eigenvalue weighted by atomic mass is 10.1. The Morgan fingerprint density at radius 3 is 2.96 bits per heavy atom. The highest BCUT2D eigenvalue weighted by Gasteiger charge is 2.22. The van der Waals surface area contributed by atoms with Gasteiger partial charge < -0.3 is 21.7 Å². The van der Waals surface area contributed by atoms with Crippen molar-refractivity contribution in [2.75, 3.05) is 29.0 Å². The van der Waals surface area contributed by atoms with Crippen LogP contribution in [0.2, 0.25) is 0 Å². The molecule has 9 heteroatoms. The van der Waals surface area contributed by atoms with E-state index in [0.29, 0.717) is 21.4 Å². The maximum absolute atomic E-state index is 12.8. The molecule has 1 aliphatic rings. The summed E-state index contributed by atoms with van der Waals surface area (Å²) < 4.78 is 0. The average molecular weight is 395 g/mol. The van der Waals surface area contributed by atoms with Crippen LogP contribution in [0.15, 0.2) is 42.9 Å². The van der Waals surface area contributed by atoms with Crippen LogP contribution in [0.4, 0.5) is 16.4 Å². The van der Waals surface area contributed by atoms with E-state index in [2.05, 4.69) is 25.2 Å². The number of nitrogens with zero attached hydrogens (tertiary/aromatic N) is 4. The summed E-state index contributed by atoms with van der Waals surface area (Å²) in [6.07, 6.45) is 7.05. The van der Waals surface area contributed by atoms with Gasteiger partial charge in [0.2, 0.25) is 0 Å². The van der Waals surface area contributed by atoms with Crippen molar-refractivity contribution >= 4 is 33.6 Å². The summed E-state index contributed by atoms with van der Waals surface area (Å²) in [4.78, 5) is 27.8. The number of hydrogen-bond donors (Lipinski definition) is 3. The molecule has 8 nitrogen and oxygen atoms in total. The first-order valence-corrected chi connectivity index (χ1v) is 9.87. The molecular weight excluding hydrogens is 374 g/mol. The van der Waals surface area contributed by atoms with Crippen molar-refractivity contribution in [2.45, 2.75) is 18.9 Å². The van der Waals surface area contributed by atoms with Gasteiger partial charge in [-0.15, -0.1) is 0 Å². The smallest absolute Gasteiger partial charge is 0.277 e. The van der Waals surface area contributed by atoms with Gasteiger partial charge in [-0.1, -0.05) is 17.4 Å². The van der Waals surface area contributed by atoms with E-state index in [1.807, 2.05) is 24.3 Å². The summed E-state index contributed by atoms with van der Waals surface area (Å²) in [5, 5.41) is 3.86. The van der Waals surface area contributed by atoms with Gasteiger partial charge in [-0.25, -0.2) is 4.98 Å². The number of nitrogens with two attached hydrogens (primary N) is 2. The van der Waals surface area contributed by atoms with Gasteiger partial charge in [0.05, 0.1) is 23.3 Å². The summed E-state index contributed by atoms with van der Waals surface area (Å²) in [5.41, 5.74) is 14.6. The quantitative estimate of drug-likeness (QED) is 0.619. The van der Waals surface area contributed by atoms with Crippen molar-refractivity contribution < 1.29 is 4.79 Å². The first kappa shape index (κ1) is 18.3. The minimum absolute atomic E-state index is 0.126. The molecule has 3 aromatic heterocycles. The second kappa shape index (κ2) is 7.91. The molecule has 0 saturated carbocycles. The number of nitrogen functional groups attached to an aromatic ring is 1. The van der Waals surface area contributed by atoms with E-state index >= 15 is 0 Å². The number of thiazole rings is 1. The minimum Gasteiger partial charge on any atom is -0.389 e. The third-order valence-electron chi connectivity index (χ3n) is 4.60. The number of carbonyl (C=O) groups is 1. The summed E-state index contributed by atoms with van der Waals surface area (Å²) in [6, 6.07) is 7.53. The zero-order valence-electron chi connectivity index (χ0n) is 15.2. The van der Waals surface area contributed by atoms with Crippen molar-refractivity contribution in [1.29, 1.82) is 0 Å². The Bertz CT molecular complexity index is 975. The van der Waals surface area contributed by atoms with Crippen LogP contribution in [0.3, 0.4) is 0 Å². The van der Waals surface area contributed by atoms with Crippen LogP contribution >= 0.6 is 11.3 Å². The van der Waals surface area contributed by atoms with Crippen molar-refractivity contribution in [1.82, 2.24) is 15.0 Å². The fourth-order valence-electron chi connectivity index (χ4n) is 3.26. The Labute approximate surface area is 166 Å². The van der Waals surface area contributed by atoms with E-state index in [9.17, 15) is 4.79 Å². The molecule has 4 heterocycles. The van der Waals surface area contributed by atoms with Crippen molar-refractivity contribution in [3.8, 4) is 10.7 Å². The molecular formula is C19H21N7OS. The molecule has 0 unspecified atom stereocenters. The second-order valence-corrected chi connectivity index (χ2v) is 7.67. The van der Waals surface area contributed by atoms with Gasteiger partial charge in [-0.3, -0.25) is 14.8 Å². The lowest BCUT2D eigenvalue weighted by molar-refractivity contribution is 0.102. The highest BCUT2D eigenvalue weighted by Crippen LogP contribution is 2.31. The second-order valence-electron chi connectivity index (χ2n) is 6.64. The SMILES string of the molecule is Nc1sc(-c2ccccn2)nc1C(=O)Nc1cnccc1N1CCC[C@@H](N)C1. The number of anilines is 3. The van der Waals surface area contributed by atoms with Crippen LogP contribution in [0.5, 0.6) is 0 Å². The fraction of sp³-hybridized carbons (Fsp3) is 0.263. The highest BCUT2D eigenvalue weighted by molar-refractivity contribution is 7.19. The third kappa shape index (κ3) is 3.80. The van der Waals surface area contributed by atoms with E-state index in [0.717, 1.165) is 31.6 Å². The molecule has 3 aromatic rings. The van der Waals surface area contributed by atoms with Gasteiger partial charge in [0.15, 0.2) is 5.69 Å². The van der Waals surface area contributed by atoms with E-state index < -0.39 is 0 Å². The van der Waals surface area contributed by atoms with Crippen LogP contribution in [0.1, 0.15) is 23.3 Å². The summed E-state index contributed by atoms with van der Waals surface area (Å²) >= 11 is 1.24. The zero-order chi connectivity index (χ0) is 19.5. The van der Waals surface area contributed by atoms with Crippen molar-refractivity contribution in [3.05, 3.63) is 48.5 Å². The Morgan fingerprint density at radius 2 is 2.18 bits per heavy atom. The maximum atomic E-state index is 12.8. The predicted octanol–water partition coefficient (Wildman–Crippen LogP) is 2.36. The zero-order valence-corrected chi connectivity index (χ0v) is 16.0. The first-order valence-electron chi connectivity index (χ1n) is 9.05. The number of nitrogens with one attached hydrogen (secondary N) is 1. The molecule has 0 aromatic carbocycles. The molecule has 0 radical (unpaired) electrons. The maximum Gasteiger partial charge on any atom is 0.277 e. The van der Waals surface area contributed by atoms with Gasteiger partial charge >= 0.3 is 0 Å². The lowest BCUT2D eigenvalue weighted by Crippen LogP contribution is -2.43. The number of carbonyl (C=O) groups excluding carboxylic acids is 1. The summed E-state index contributed by atoms with van der Waals surface area (Å²) in [6.45, 7) is 1.64. The van der Waals surface area contributed by atoms with Crippen LogP contribution in [-0.2, 0) is 0 Å². The molecule has 0 aliphatic carbocycles. The molecule has 1 atom stereocenters. The average Bonchev–Trinajstić information content (AvgIpc) is 3.11. The molecule has 1 fully saturated rings. The molecule has 144 valence electrons. The van der Waals surface area contributed by atoms with Gasteiger partial charge in [0.1, 0.15) is 10.0 Å². The first-order chi connectivity index (χ1) is 13.6. The lowest BCUT2D eigenvalue weighted by Gasteiger charge is -2.33. The number of aromatic nitrogens is 3. The molecule has 0 bridgehead atoms. The minimum atomic E-state index is -0.369. The Hall–Kier alpha value is -3.04. The highest BCUT2D eigenvalue weighted by atomic mass is 32.1. The number of pyridine rings is 2. The van der Waals surface area contributed by atoms with Gasteiger partial charge in [0.25, 0.3) is 5.91 Å². The van der Waals surface area contributed by atoms with Gasteiger partial charge in [0, 0.05) is 31.5 Å². The van der Waals surface area contributed by atoms with E-state index in [1.165, 1.54) is 11.3 Å². The van der Waals surface area contributed by atoms with E-state index in [4.69, 9.17) is 11.5 Å². The number of rotatable bonds is 4. The van der Waals surface area contributed by atoms with Crippen LogP contribution in [-0.4, -0.2) is 40.0 Å². The molecule has 28 heavy (non-hydrogen) atoms.